The second kappa shape index (κ2) is 6.04. The number of aromatic amines is 1. The molecule has 1 aromatic heterocycles. The number of piperidine rings is 1. The van der Waals surface area contributed by atoms with E-state index >= 15 is 0 Å². The minimum atomic E-state index is -0.0591. The number of anilines is 1. The van der Waals surface area contributed by atoms with Gasteiger partial charge in [-0.15, -0.1) is 12.4 Å². The zero-order chi connectivity index (χ0) is 12.4. The van der Waals surface area contributed by atoms with Crippen LogP contribution in [0.4, 0.5) is 5.69 Å². The molecule has 2 heterocycles. The van der Waals surface area contributed by atoms with Crippen LogP contribution in [0.3, 0.4) is 0 Å². The number of hydrogen-bond donors (Lipinski definition) is 3. The largest absolute Gasteiger partial charge is 0.325 e. The molecule has 1 fully saturated rings. The molecule has 1 aromatic carbocycles. The van der Waals surface area contributed by atoms with Crippen LogP contribution in [-0.4, -0.2) is 28.7 Å². The lowest BCUT2D eigenvalue weighted by Crippen LogP contribution is -2.43. The monoisotopic (exact) mass is 280 g/mol. The van der Waals surface area contributed by atoms with Gasteiger partial charge in [0.15, 0.2) is 0 Å². The number of carbonyl (C=O) groups excluding carboxylic acids is 1. The Morgan fingerprint density at radius 2 is 2.26 bits per heavy atom. The van der Waals surface area contributed by atoms with Crippen LogP contribution in [0, 0.1) is 0 Å². The second-order valence-corrected chi connectivity index (χ2v) is 4.66. The van der Waals surface area contributed by atoms with Gasteiger partial charge in [0, 0.05) is 11.1 Å². The van der Waals surface area contributed by atoms with Crippen LogP contribution in [0.15, 0.2) is 24.4 Å². The van der Waals surface area contributed by atoms with E-state index in [-0.39, 0.29) is 24.4 Å². The summed E-state index contributed by atoms with van der Waals surface area (Å²) in [5.74, 6) is 0.0496. The minimum absolute atomic E-state index is 0. The lowest BCUT2D eigenvalue weighted by atomic mass is 10.0. The first-order chi connectivity index (χ1) is 8.83. The molecule has 3 rings (SSSR count). The molecule has 5 nitrogen and oxygen atoms in total. The Bertz CT molecular complexity index is 563. The highest BCUT2D eigenvalue weighted by atomic mass is 35.5. The Hall–Kier alpha value is -1.59. The number of nitrogens with zero attached hydrogens (tertiary/aromatic N) is 1. The SMILES string of the molecule is Cl.O=C(Nc1ccc2cn[nH]c2c1)[C@@H]1CCCCN1. The molecule has 0 aliphatic carbocycles. The lowest BCUT2D eigenvalue weighted by Gasteiger charge is -2.22. The molecule has 1 saturated heterocycles. The molecule has 0 saturated carbocycles. The highest BCUT2D eigenvalue weighted by molar-refractivity contribution is 5.96. The van der Waals surface area contributed by atoms with Crippen LogP contribution < -0.4 is 10.6 Å². The first kappa shape index (κ1) is 13.8. The number of nitrogens with one attached hydrogen (secondary N) is 3. The fourth-order valence-electron chi connectivity index (χ4n) is 2.32. The van der Waals surface area contributed by atoms with Crippen LogP contribution in [-0.2, 0) is 4.79 Å². The summed E-state index contributed by atoms with van der Waals surface area (Å²) < 4.78 is 0. The van der Waals surface area contributed by atoms with Gasteiger partial charge in [0.25, 0.3) is 0 Å². The van der Waals surface area contributed by atoms with Crippen molar-refractivity contribution in [1.29, 1.82) is 0 Å². The van der Waals surface area contributed by atoms with Gasteiger partial charge in [0.2, 0.25) is 5.91 Å². The summed E-state index contributed by atoms with van der Waals surface area (Å²) in [7, 11) is 0. The van der Waals surface area contributed by atoms with Crippen LogP contribution in [0.1, 0.15) is 19.3 Å². The molecule has 6 heteroatoms. The molecule has 1 atom stereocenters. The summed E-state index contributed by atoms with van der Waals surface area (Å²) in [4.78, 5) is 12.0. The van der Waals surface area contributed by atoms with Crippen molar-refractivity contribution < 1.29 is 4.79 Å². The maximum Gasteiger partial charge on any atom is 0.241 e. The Labute approximate surface area is 117 Å². The average molecular weight is 281 g/mol. The molecule has 1 amide bonds. The van der Waals surface area contributed by atoms with Crippen molar-refractivity contribution in [3.05, 3.63) is 24.4 Å². The molecule has 1 aliphatic heterocycles. The predicted octanol–water partition coefficient (Wildman–Crippen LogP) is 2.07. The van der Waals surface area contributed by atoms with Crippen molar-refractivity contribution in [2.45, 2.75) is 25.3 Å². The Morgan fingerprint density at radius 1 is 1.37 bits per heavy atom. The summed E-state index contributed by atoms with van der Waals surface area (Å²) in [5.41, 5.74) is 1.74. The first-order valence-corrected chi connectivity index (χ1v) is 6.30. The number of amides is 1. The quantitative estimate of drug-likeness (QED) is 0.789. The van der Waals surface area contributed by atoms with E-state index in [9.17, 15) is 4.79 Å². The third kappa shape index (κ3) is 3.05. The van der Waals surface area contributed by atoms with Gasteiger partial charge in [-0.05, 0) is 37.6 Å². The Morgan fingerprint density at radius 3 is 3.05 bits per heavy atom. The standard InChI is InChI=1S/C13H16N4O.ClH/c18-13(11-3-1-2-6-14-11)16-10-5-4-9-8-15-17-12(9)7-10;/h4-5,7-8,11,14H,1-3,6H2,(H,15,17)(H,16,18);1H/t11-;/m0./s1. The summed E-state index contributed by atoms with van der Waals surface area (Å²) in [6.07, 6.45) is 4.95. The predicted molar refractivity (Wildman–Crippen MR) is 77.6 cm³/mol. The molecule has 0 spiro atoms. The molecule has 0 radical (unpaired) electrons. The van der Waals surface area contributed by atoms with E-state index in [1.165, 1.54) is 0 Å². The van der Waals surface area contributed by atoms with E-state index in [1.54, 1.807) is 6.20 Å². The normalized spacial score (nSPS) is 18.8. The van der Waals surface area contributed by atoms with Crippen molar-refractivity contribution in [1.82, 2.24) is 15.5 Å². The molecule has 1 aliphatic rings. The third-order valence-electron chi connectivity index (χ3n) is 3.34. The summed E-state index contributed by atoms with van der Waals surface area (Å²) in [6.45, 7) is 0.928. The van der Waals surface area contributed by atoms with Gasteiger partial charge in [0.1, 0.15) is 0 Å². The Kier molecular flexibility index (Phi) is 4.39. The smallest absolute Gasteiger partial charge is 0.241 e. The fraction of sp³-hybridized carbons (Fsp3) is 0.385. The lowest BCUT2D eigenvalue weighted by molar-refractivity contribution is -0.118. The molecule has 3 N–H and O–H groups in total. The number of fused-ring (bicyclic) bond motifs is 1. The fourth-order valence-corrected chi connectivity index (χ4v) is 2.32. The Balaban J connectivity index is 0.00000133. The maximum atomic E-state index is 12.0. The number of aromatic nitrogens is 2. The summed E-state index contributed by atoms with van der Waals surface area (Å²) >= 11 is 0. The third-order valence-corrected chi connectivity index (χ3v) is 3.34. The van der Waals surface area contributed by atoms with Crippen LogP contribution >= 0.6 is 12.4 Å². The molecule has 0 unspecified atom stereocenters. The first-order valence-electron chi connectivity index (χ1n) is 6.30. The molecule has 2 aromatic rings. The van der Waals surface area contributed by atoms with Gasteiger partial charge in [0.05, 0.1) is 17.8 Å². The number of H-pyrrole nitrogens is 1. The number of benzene rings is 1. The van der Waals surface area contributed by atoms with Crippen molar-refractivity contribution in [3.63, 3.8) is 0 Å². The second-order valence-electron chi connectivity index (χ2n) is 4.66. The molecule has 19 heavy (non-hydrogen) atoms. The molecule has 0 bridgehead atoms. The van der Waals surface area contributed by atoms with Crippen molar-refractivity contribution in [3.8, 4) is 0 Å². The van der Waals surface area contributed by atoms with Gasteiger partial charge >= 0.3 is 0 Å². The zero-order valence-corrected chi connectivity index (χ0v) is 11.3. The summed E-state index contributed by atoms with van der Waals surface area (Å²) in [5, 5.41) is 14.1. The van der Waals surface area contributed by atoms with E-state index in [0.29, 0.717) is 0 Å². The highest BCUT2D eigenvalue weighted by Gasteiger charge is 2.20. The van der Waals surface area contributed by atoms with Crippen molar-refractivity contribution >= 4 is 34.9 Å². The molecule has 102 valence electrons. The molecular formula is C13H17ClN4O. The number of carbonyl (C=O) groups is 1. The maximum absolute atomic E-state index is 12.0. The average Bonchev–Trinajstić information content (AvgIpc) is 2.87. The van der Waals surface area contributed by atoms with E-state index in [2.05, 4.69) is 20.8 Å². The van der Waals surface area contributed by atoms with Crippen LogP contribution in [0.2, 0.25) is 0 Å². The molecular weight excluding hydrogens is 264 g/mol. The van der Waals surface area contributed by atoms with Gasteiger partial charge in [-0.1, -0.05) is 6.42 Å². The van der Waals surface area contributed by atoms with E-state index in [0.717, 1.165) is 42.4 Å². The van der Waals surface area contributed by atoms with E-state index in [1.807, 2.05) is 18.2 Å². The number of rotatable bonds is 2. The summed E-state index contributed by atoms with van der Waals surface area (Å²) in [6, 6.07) is 5.70. The zero-order valence-electron chi connectivity index (χ0n) is 10.5. The van der Waals surface area contributed by atoms with Gasteiger partial charge in [-0.3, -0.25) is 9.89 Å². The van der Waals surface area contributed by atoms with Gasteiger partial charge in [-0.2, -0.15) is 5.10 Å². The van der Waals surface area contributed by atoms with Crippen LogP contribution in [0.25, 0.3) is 10.9 Å². The number of hydrogen-bond acceptors (Lipinski definition) is 3. The van der Waals surface area contributed by atoms with Gasteiger partial charge < -0.3 is 10.6 Å². The van der Waals surface area contributed by atoms with Crippen molar-refractivity contribution in [2.75, 3.05) is 11.9 Å². The van der Waals surface area contributed by atoms with E-state index < -0.39 is 0 Å². The number of halogens is 1. The van der Waals surface area contributed by atoms with Crippen LogP contribution in [0.5, 0.6) is 0 Å². The minimum Gasteiger partial charge on any atom is -0.325 e. The van der Waals surface area contributed by atoms with Crippen molar-refractivity contribution in [2.24, 2.45) is 0 Å². The highest BCUT2D eigenvalue weighted by Crippen LogP contribution is 2.17. The topological polar surface area (TPSA) is 69.8 Å². The van der Waals surface area contributed by atoms with Gasteiger partial charge in [-0.25, -0.2) is 0 Å². The van der Waals surface area contributed by atoms with E-state index in [4.69, 9.17) is 0 Å².